The van der Waals surface area contributed by atoms with Crippen LogP contribution in [0.25, 0.3) is 0 Å². The average Bonchev–Trinajstić information content (AvgIpc) is 2.80. The highest BCUT2D eigenvalue weighted by Crippen LogP contribution is 2.29. The Morgan fingerprint density at radius 3 is 2.27 bits per heavy atom. The summed E-state index contributed by atoms with van der Waals surface area (Å²) in [7, 11) is 0. The van der Waals surface area contributed by atoms with Gasteiger partial charge in [0.1, 0.15) is 0 Å². The zero-order valence-electron chi connectivity index (χ0n) is 19.1. The van der Waals surface area contributed by atoms with Crippen LogP contribution in [0.4, 0.5) is 11.4 Å². The smallest absolute Gasteiger partial charge is 0.0580 e. The first-order valence-corrected chi connectivity index (χ1v) is 10.7. The van der Waals surface area contributed by atoms with Gasteiger partial charge in [-0.3, -0.25) is 4.90 Å². The molecule has 0 spiro atoms. The van der Waals surface area contributed by atoms with Gasteiger partial charge in [-0.05, 0) is 62.9 Å². The summed E-state index contributed by atoms with van der Waals surface area (Å²) in [6, 6.07) is 19.6. The van der Waals surface area contributed by atoms with Gasteiger partial charge >= 0.3 is 0 Å². The molecule has 0 saturated carbocycles. The zero-order chi connectivity index (χ0) is 22.2. The van der Waals surface area contributed by atoms with Gasteiger partial charge in [0.25, 0.3) is 0 Å². The minimum atomic E-state index is 0.839. The highest BCUT2D eigenvalue weighted by Gasteiger charge is 2.10. The first kappa shape index (κ1) is 24.8. The SMILES string of the molecule is C#CN(c1ccc(C/C=C\C(C)=C/C)cc1)c1ccccc1C/C=C\C=C/C.CC. The maximum atomic E-state index is 5.88. The number of benzene rings is 2. The predicted octanol–water partition coefficient (Wildman–Crippen LogP) is 8.18. The Bertz CT molecular complexity index is 902. The molecule has 0 saturated heterocycles. The Morgan fingerprint density at radius 2 is 1.63 bits per heavy atom. The molecule has 2 aromatic carbocycles. The Balaban J connectivity index is 0.00000218. The molecule has 0 aliphatic rings. The van der Waals surface area contributed by atoms with Crippen LogP contribution in [-0.2, 0) is 12.8 Å². The molecule has 156 valence electrons. The highest BCUT2D eigenvalue weighted by molar-refractivity contribution is 5.71. The molecular weight excluding hydrogens is 362 g/mol. The van der Waals surface area contributed by atoms with Crippen LogP contribution in [-0.4, -0.2) is 0 Å². The van der Waals surface area contributed by atoms with Crippen molar-refractivity contribution in [3.8, 4) is 12.5 Å². The average molecular weight is 398 g/mol. The molecular formula is C29H35N. The van der Waals surface area contributed by atoms with Gasteiger partial charge in [-0.2, -0.15) is 0 Å². The van der Waals surface area contributed by atoms with Crippen molar-refractivity contribution < 1.29 is 0 Å². The van der Waals surface area contributed by atoms with Gasteiger partial charge in [0.05, 0.1) is 11.4 Å². The molecule has 30 heavy (non-hydrogen) atoms. The molecule has 0 radical (unpaired) electrons. The summed E-state index contributed by atoms with van der Waals surface area (Å²) in [5, 5.41) is 0. The van der Waals surface area contributed by atoms with E-state index in [-0.39, 0.29) is 0 Å². The Kier molecular flexibility index (Phi) is 12.2. The number of nitrogens with zero attached hydrogens (tertiary/aromatic N) is 1. The van der Waals surface area contributed by atoms with E-state index >= 15 is 0 Å². The second-order valence-corrected chi connectivity index (χ2v) is 6.56. The van der Waals surface area contributed by atoms with Crippen molar-refractivity contribution in [1.82, 2.24) is 0 Å². The first-order chi connectivity index (χ1) is 14.7. The van der Waals surface area contributed by atoms with Crippen molar-refractivity contribution in [3.63, 3.8) is 0 Å². The third-order valence-electron chi connectivity index (χ3n) is 4.52. The van der Waals surface area contributed by atoms with E-state index in [0.717, 1.165) is 24.2 Å². The van der Waals surface area contributed by atoms with Gasteiger partial charge in [-0.15, -0.1) is 0 Å². The molecule has 0 aliphatic carbocycles. The lowest BCUT2D eigenvalue weighted by molar-refractivity contribution is 1.20. The molecule has 2 aromatic rings. The van der Waals surface area contributed by atoms with E-state index in [1.165, 1.54) is 16.7 Å². The first-order valence-electron chi connectivity index (χ1n) is 10.7. The molecule has 0 aromatic heterocycles. The number of allylic oxidation sites excluding steroid dienone is 8. The summed E-state index contributed by atoms with van der Waals surface area (Å²) < 4.78 is 0. The van der Waals surface area contributed by atoms with Gasteiger partial charge < -0.3 is 0 Å². The van der Waals surface area contributed by atoms with Crippen molar-refractivity contribution >= 4 is 11.4 Å². The van der Waals surface area contributed by atoms with Crippen molar-refractivity contribution in [2.24, 2.45) is 0 Å². The quantitative estimate of drug-likeness (QED) is 0.246. The summed E-state index contributed by atoms with van der Waals surface area (Å²) >= 11 is 0. The van der Waals surface area contributed by atoms with Crippen LogP contribution in [0.2, 0.25) is 0 Å². The molecule has 0 fully saturated rings. The van der Waals surface area contributed by atoms with Crippen LogP contribution in [0.3, 0.4) is 0 Å². The van der Waals surface area contributed by atoms with Crippen LogP contribution >= 0.6 is 0 Å². The van der Waals surface area contributed by atoms with Crippen molar-refractivity contribution in [1.29, 1.82) is 0 Å². The van der Waals surface area contributed by atoms with E-state index in [0.29, 0.717) is 0 Å². The topological polar surface area (TPSA) is 3.24 Å². The highest BCUT2D eigenvalue weighted by atomic mass is 15.1. The lowest BCUT2D eigenvalue weighted by Gasteiger charge is -2.21. The summed E-state index contributed by atoms with van der Waals surface area (Å²) in [6.07, 6.45) is 22.3. The monoisotopic (exact) mass is 397 g/mol. The fourth-order valence-electron chi connectivity index (χ4n) is 2.83. The van der Waals surface area contributed by atoms with Crippen LogP contribution in [0.5, 0.6) is 0 Å². The van der Waals surface area contributed by atoms with E-state index in [1.54, 1.807) is 0 Å². The van der Waals surface area contributed by atoms with Gasteiger partial charge in [-0.25, -0.2) is 0 Å². The number of hydrogen-bond donors (Lipinski definition) is 0. The van der Waals surface area contributed by atoms with Crippen molar-refractivity contribution in [3.05, 3.63) is 108 Å². The van der Waals surface area contributed by atoms with E-state index < -0.39 is 0 Å². The maximum Gasteiger partial charge on any atom is 0.0580 e. The van der Waals surface area contributed by atoms with Gasteiger partial charge in [0, 0.05) is 6.04 Å². The van der Waals surface area contributed by atoms with Crippen LogP contribution < -0.4 is 4.90 Å². The molecule has 1 heteroatoms. The molecule has 0 unspecified atom stereocenters. The molecule has 0 amide bonds. The number of terminal acetylenes is 1. The summed E-state index contributed by atoms with van der Waals surface area (Å²) in [4.78, 5) is 1.92. The zero-order valence-corrected chi connectivity index (χ0v) is 19.1. The fraction of sp³-hybridized carbons (Fsp3) is 0.241. The number of hydrogen-bond acceptors (Lipinski definition) is 1. The predicted molar refractivity (Wildman–Crippen MR) is 135 cm³/mol. The van der Waals surface area contributed by atoms with Gasteiger partial charge in [0.2, 0.25) is 0 Å². The minimum absolute atomic E-state index is 0.839. The molecule has 1 nitrogen and oxygen atoms in total. The van der Waals surface area contributed by atoms with Crippen LogP contribution in [0.1, 0.15) is 45.7 Å². The minimum Gasteiger partial charge on any atom is -0.270 e. The Labute approximate surface area is 184 Å². The van der Waals surface area contributed by atoms with Crippen LogP contribution in [0.15, 0.2) is 96.6 Å². The second kappa shape index (κ2) is 14.7. The van der Waals surface area contributed by atoms with E-state index in [4.69, 9.17) is 6.42 Å². The van der Waals surface area contributed by atoms with E-state index in [9.17, 15) is 0 Å². The van der Waals surface area contributed by atoms with Crippen molar-refractivity contribution in [2.75, 3.05) is 4.90 Å². The van der Waals surface area contributed by atoms with E-state index in [1.807, 2.05) is 43.9 Å². The van der Waals surface area contributed by atoms with Crippen molar-refractivity contribution in [2.45, 2.75) is 47.5 Å². The normalized spacial score (nSPS) is 11.5. The largest absolute Gasteiger partial charge is 0.270 e. The molecule has 0 heterocycles. The van der Waals surface area contributed by atoms with Gasteiger partial charge in [-0.1, -0.05) is 98.7 Å². The van der Waals surface area contributed by atoms with Gasteiger partial charge in [0.15, 0.2) is 0 Å². The summed E-state index contributed by atoms with van der Waals surface area (Å²) in [5.74, 6) is 0. The third kappa shape index (κ3) is 8.02. The molecule has 0 atom stereocenters. The Hall–Kier alpha value is -3.24. The molecule has 0 N–H and O–H groups in total. The van der Waals surface area contributed by atoms with E-state index in [2.05, 4.69) is 92.7 Å². The molecule has 0 aliphatic heterocycles. The standard InChI is InChI=1S/C27H29N.C2H6/c1-5-8-9-10-16-25-17-11-12-18-27(25)28(7-3)26-21-19-24(20-22-26)15-13-14-23(4)6-2;1-2/h3,5-6,8-14,17-22H,15-16H2,1-2,4H3;1-2H3/b8-5-,10-9-,14-13-,23-6-;. The maximum absolute atomic E-state index is 5.88. The number of anilines is 2. The lowest BCUT2D eigenvalue weighted by Crippen LogP contribution is -2.11. The Morgan fingerprint density at radius 1 is 0.933 bits per heavy atom. The number of para-hydroxylation sites is 1. The lowest BCUT2D eigenvalue weighted by atomic mass is 10.1. The second-order valence-electron chi connectivity index (χ2n) is 6.56. The summed E-state index contributed by atoms with van der Waals surface area (Å²) in [5.41, 5.74) is 5.80. The summed E-state index contributed by atoms with van der Waals surface area (Å²) in [6.45, 7) is 10.2. The fourth-order valence-corrected chi connectivity index (χ4v) is 2.83. The number of rotatable bonds is 8. The third-order valence-corrected chi connectivity index (χ3v) is 4.52. The molecule has 2 rings (SSSR count). The molecule has 0 bridgehead atoms. The van der Waals surface area contributed by atoms with Crippen LogP contribution in [0, 0.1) is 12.5 Å².